The summed E-state index contributed by atoms with van der Waals surface area (Å²) in [7, 11) is 0. The van der Waals surface area contributed by atoms with Crippen LogP contribution in [0, 0.1) is 11.3 Å². The Kier molecular flexibility index (Phi) is 6.54. The number of hydrogen-bond donors (Lipinski definition) is 1. The highest BCUT2D eigenvalue weighted by Crippen LogP contribution is 2.32. The number of hydrogen-bond acceptors (Lipinski definition) is 2. The summed E-state index contributed by atoms with van der Waals surface area (Å²) in [5.74, 6) is -1.23. The van der Waals surface area contributed by atoms with Crippen LogP contribution >= 0.6 is 0 Å². The fourth-order valence-corrected chi connectivity index (χ4v) is 4.99. The third-order valence-electron chi connectivity index (χ3n) is 7.02. The summed E-state index contributed by atoms with van der Waals surface area (Å²) >= 11 is 0. The summed E-state index contributed by atoms with van der Waals surface area (Å²) < 4.78 is 2.31. The quantitative estimate of drug-likeness (QED) is 0.137. The lowest BCUT2D eigenvalue weighted by atomic mass is 10.0. The molecule has 0 unspecified atom stereocenters. The van der Waals surface area contributed by atoms with Gasteiger partial charge in [0.1, 0.15) is 11.6 Å². The van der Waals surface area contributed by atoms with Gasteiger partial charge in [0.05, 0.1) is 11.0 Å². The SMILES string of the molecule is N#C/C(=C/c1ccc(-c2ccc(/C=C/c3ccc(-n4c5ccccc5c5ccccc54)cc3)cc2)cc1)C(=O)O. The van der Waals surface area contributed by atoms with E-state index < -0.39 is 5.97 Å². The number of aromatic nitrogens is 1. The topological polar surface area (TPSA) is 66.0 Å². The zero-order valence-electron chi connectivity index (χ0n) is 21.5. The summed E-state index contributed by atoms with van der Waals surface area (Å²) in [4.78, 5) is 11.1. The van der Waals surface area contributed by atoms with E-state index in [2.05, 4.69) is 114 Å². The Hall–Kier alpha value is -5.66. The number of carbonyl (C=O) groups is 1. The van der Waals surface area contributed by atoms with Gasteiger partial charge in [-0.1, -0.05) is 109 Å². The summed E-state index contributed by atoms with van der Waals surface area (Å²) in [5.41, 5.74) is 8.20. The molecule has 4 nitrogen and oxygen atoms in total. The van der Waals surface area contributed by atoms with Gasteiger partial charge in [0.15, 0.2) is 0 Å². The van der Waals surface area contributed by atoms with Crippen molar-refractivity contribution >= 4 is 46.0 Å². The molecule has 6 rings (SSSR count). The van der Waals surface area contributed by atoms with Crippen molar-refractivity contribution in [1.29, 1.82) is 5.26 Å². The molecular weight excluding hydrogens is 492 g/mol. The van der Waals surface area contributed by atoms with E-state index >= 15 is 0 Å². The van der Waals surface area contributed by atoms with Crippen LogP contribution < -0.4 is 0 Å². The lowest BCUT2D eigenvalue weighted by Gasteiger charge is -2.08. The molecule has 1 N–H and O–H groups in total. The zero-order valence-corrected chi connectivity index (χ0v) is 21.5. The van der Waals surface area contributed by atoms with Gasteiger partial charge < -0.3 is 9.67 Å². The average molecular weight is 517 g/mol. The first-order valence-corrected chi connectivity index (χ1v) is 12.9. The van der Waals surface area contributed by atoms with Gasteiger partial charge in [-0.3, -0.25) is 0 Å². The van der Waals surface area contributed by atoms with Gasteiger partial charge in [-0.15, -0.1) is 0 Å². The highest BCUT2D eigenvalue weighted by atomic mass is 16.4. The molecule has 0 aliphatic heterocycles. The van der Waals surface area contributed by atoms with Gasteiger partial charge in [0, 0.05) is 16.5 Å². The molecule has 0 radical (unpaired) electrons. The van der Waals surface area contributed by atoms with Gasteiger partial charge in [-0.25, -0.2) is 4.79 Å². The van der Waals surface area contributed by atoms with Gasteiger partial charge in [0.2, 0.25) is 0 Å². The first-order valence-electron chi connectivity index (χ1n) is 12.9. The van der Waals surface area contributed by atoms with E-state index in [4.69, 9.17) is 10.4 Å². The Balaban J connectivity index is 1.19. The number of rotatable bonds is 6. The van der Waals surface area contributed by atoms with Crippen LogP contribution in [-0.2, 0) is 4.79 Å². The Morgan fingerprint density at radius 3 is 1.55 bits per heavy atom. The number of benzene rings is 5. The van der Waals surface area contributed by atoms with Crippen LogP contribution in [0.5, 0.6) is 0 Å². The van der Waals surface area contributed by atoms with E-state index in [0.717, 1.165) is 27.9 Å². The van der Waals surface area contributed by atoms with Gasteiger partial charge in [-0.05, 0) is 58.2 Å². The van der Waals surface area contributed by atoms with Crippen LogP contribution in [0.4, 0.5) is 0 Å². The number of para-hydroxylation sites is 2. The molecule has 1 aromatic heterocycles. The predicted molar refractivity (Wildman–Crippen MR) is 163 cm³/mol. The molecule has 0 aliphatic rings. The van der Waals surface area contributed by atoms with E-state index in [0.29, 0.717) is 5.56 Å². The molecule has 0 spiro atoms. The molecule has 0 saturated heterocycles. The van der Waals surface area contributed by atoms with Crippen LogP contribution in [0.1, 0.15) is 16.7 Å². The van der Waals surface area contributed by atoms with Crippen LogP contribution in [0.3, 0.4) is 0 Å². The van der Waals surface area contributed by atoms with Gasteiger partial charge in [0.25, 0.3) is 0 Å². The molecular formula is C36H24N2O2. The monoisotopic (exact) mass is 516 g/mol. The summed E-state index contributed by atoms with van der Waals surface area (Å²) in [6, 6.07) is 43.1. The third-order valence-corrected chi connectivity index (χ3v) is 7.02. The smallest absolute Gasteiger partial charge is 0.346 e. The molecule has 0 saturated carbocycles. The molecule has 190 valence electrons. The minimum absolute atomic E-state index is 0.287. The minimum Gasteiger partial charge on any atom is -0.477 e. The van der Waals surface area contributed by atoms with Crippen molar-refractivity contribution in [3.63, 3.8) is 0 Å². The van der Waals surface area contributed by atoms with E-state index in [1.807, 2.05) is 24.3 Å². The number of nitriles is 1. The molecule has 6 aromatic rings. The Morgan fingerprint density at radius 2 is 1.07 bits per heavy atom. The van der Waals surface area contributed by atoms with Gasteiger partial charge >= 0.3 is 5.97 Å². The van der Waals surface area contributed by atoms with E-state index in [1.54, 1.807) is 6.07 Å². The molecule has 0 atom stereocenters. The number of carboxylic acids is 1. The standard InChI is InChI=1S/C36H24N2O2/c37-24-30(36(39)40)23-27-13-19-29(20-14-27)28-17-11-25(12-18-28)9-10-26-15-21-31(22-16-26)38-34-7-3-1-5-32(34)33-6-2-4-8-35(33)38/h1-23H,(H,39,40)/b10-9+,30-23-. The van der Waals surface area contributed by atoms with Crippen LogP contribution in [0.15, 0.2) is 127 Å². The lowest BCUT2D eigenvalue weighted by molar-refractivity contribution is -0.132. The van der Waals surface area contributed by atoms with Crippen molar-refractivity contribution in [1.82, 2.24) is 4.57 Å². The zero-order chi connectivity index (χ0) is 27.5. The number of aliphatic carboxylic acids is 1. The first-order chi connectivity index (χ1) is 19.6. The number of nitrogens with zero attached hydrogens (tertiary/aromatic N) is 2. The van der Waals surface area contributed by atoms with Crippen LogP contribution in [0.2, 0.25) is 0 Å². The fraction of sp³-hybridized carbons (Fsp3) is 0. The van der Waals surface area contributed by atoms with Crippen molar-refractivity contribution in [3.8, 4) is 22.9 Å². The van der Waals surface area contributed by atoms with Crippen molar-refractivity contribution in [2.45, 2.75) is 0 Å². The molecule has 0 amide bonds. The maximum absolute atomic E-state index is 11.1. The molecule has 5 aromatic carbocycles. The predicted octanol–water partition coefficient (Wildman–Crippen LogP) is 8.61. The highest BCUT2D eigenvalue weighted by molar-refractivity contribution is 6.09. The van der Waals surface area contributed by atoms with Crippen LogP contribution in [-0.4, -0.2) is 15.6 Å². The minimum atomic E-state index is -1.23. The summed E-state index contributed by atoms with van der Waals surface area (Å²) in [6.07, 6.45) is 5.58. The molecule has 4 heteroatoms. The second-order valence-electron chi connectivity index (χ2n) is 9.51. The number of fused-ring (bicyclic) bond motifs is 3. The molecule has 40 heavy (non-hydrogen) atoms. The largest absolute Gasteiger partial charge is 0.477 e. The molecule has 0 bridgehead atoms. The van der Waals surface area contributed by atoms with E-state index in [9.17, 15) is 4.79 Å². The van der Waals surface area contributed by atoms with Crippen molar-refractivity contribution in [2.75, 3.05) is 0 Å². The Morgan fingerprint density at radius 1 is 0.625 bits per heavy atom. The Bertz CT molecular complexity index is 1900. The highest BCUT2D eigenvalue weighted by Gasteiger charge is 2.11. The Labute approximate surface area is 232 Å². The second kappa shape index (κ2) is 10.6. The van der Waals surface area contributed by atoms with Crippen LogP contribution in [0.25, 0.3) is 56.8 Å². The summed E-state index contributed by atoms with van der Waals surface area (Å²) in [6.45, 7) is 0. The number of carboxylic acid groups (broad SMARTS) is 1. The normalized spacial score (nSPS) is 11.7. The molecule has 1 heterocycles. The van der Waals surface area contributed by atoms with Crippen molar-refractivity contribution in [2.24, 2.45) is 0 Å². The van der Waals surface area contributed by atoms with E-state index in [-0.39, 0.29) is 5.57 Å². The second-order valence-corrected chi connectivity index (χ2v) is 9.51. The fourth-order valence-electron chi connectivity index (χ4n) is 4.99. The first kappa shape index (κ1) is 24.7. The average Bonchev–Trinajstić information content (AvgIpc) is 3.34. The maximum atomic E-state index is 11.1. The third kappa shape index (κ3) is 4.80. The molecule has 0 aliphatic carbocycles. The lowest BCUT2D eigenvalue weighted by Crippen LogP contribution is -1.97. The van der Waals surface area contributed by atoms with E-state index in [1.165, 1.54) is 27.9 Å². The summed E-state index contributed by atoms with van der Waals surface area (Å²) in [5, 5.41) is 20.5. The van der Waals surface area contributed by atoms with Gasteiger partial charge in [-0.2, -0.15) is 5.26 Å². The van der Waals surface area contributed by atoms with Crippen molar-refractivity contribution in [3.05, 3.63) is 144 Å². The maximum Gasteiger partial charge on any atom is 0.346 e. The van der Waals surface area contributed by atoms with Crippen molar-refractivity contribution < 1.29 is 9.90 Å². The molecule has 0 fully saturated rings.